The van der Waals surface area contributed by atoms with Crippen LogP contribution in [0.5, 0.6) is 0 Å². The Bertz CT molecular complexity index is 633. The molecule has 0 aliphatic heterocycles. The summed E-state index contributed by atoms with van der Waals surface area (Å²) in [4.78, 5) is 12.5. The molecular weight excluding hydrogens is 328 g/mol. The van der Waals surface area contributed by atoms with Crippen LogP contribution in [0, 0.1) is 6.92 Å². The number of benzene rings is 2. The zero-order chi connectivity index (χ0) is 15.4. The number of nitrogens with one attached hydrogen (secondary N) is 2. The summed E-state index contributed by atoms with van der Waals surface area (Å²) < 4.78 is 0.950. The van der Waals surface area contributed by atoms with E-state index >= 15 is 0 Å². The van der Waals surface area contributed by atoms with Gasteiger partial charge < -0.3 is 10.6 Å². The summed E-state index contributed by atoms with van der Waals surface area (Å²) in [6.07, 6.45) is 0. The van der Waals surface area contributed by atoms with Gasteiger partial charge in [-0.25, -0.2) is 0 Å². The number of hydrogen-bond donors (Lipinski definition) is 2. The molecule has 2 rings (SSSR count). The van der Waals surface area contributed by atoms with E-state index in [-0.39, 0.29) is 11.9 Å². The second-order valence-corrected chi connectivity index (χ2v) is 6.23. The maximum atomic E-state index is 12.5. The Labute approximate surface area is 133 Å². The summed E-state index contributed by atoms with van der Waals surface area (Å²) >= 11 is 3.44. The van der Waals surface area contributed by atoms with Gasteiger partial charge in [0, 0.05) is 21.9 Å². The summed E-state index contributed by atoms with van der Waals surface area (Å²) in [5.74, 6) is -0.115. The normalized spacial score (nSPS) is 10.5. The first-order valence-corrected chi connectivity index (χ1v) is 7.69. The first-order valence-electron chi connectivity index (χ1n) is 6.90. The van der Waals surface area contributed by atoms with Gasteiger partial charge in [0.25, 0.3) is 5.91 Å². The molecule has 0 aromatic heterocycles. The van der Waals surface area contributed by atoms with E-state index in [1.807, 2.05) is 63.2 Å². The van der Waals surface area contributed by atoms with Gasteiger partial charge in [0.2, 0.25) is 0 Å². The van der Waals surface area contributed by atoms with Crippen molar-refractivity contribution < 1.29 is 4.79 Å². The number of amides is 1. The molecule has 2 aromatic rings. The Morgan fingerprint density at radius 3 is 2.52 bits per heavy atom. The molecule has 2 N–H and O–H groups in total. The highest BCUT2D eigenvalue weighted by Crippen LogP contribution is 2.22. The van der Waals surface area contributed by atoms with E-state index in [1.54, 1.807) is 0 Å². The molecule has 21 heavy (non-hydrogen) atoms. The number of carbonyl (C=O) groups is 1. The van der Waals surface area contributed by atoms with Crippen molar-refractivity contribution in [1.82, 2.24) is 0 Å². The van der Waals surface area contributed by atoms with Gasteiger partial charge in [-0.1, -0.05) is 28.1 Å². The van der Waals surface area contributed by atoms with Crippen molar-refractivity contribution in [3.05, 3.63) is 58.1 Å². The van der Waals surface area contributed by atoms with Crippen LogP contribution < -0.4 is 10.6 Å². The monoisotopic (exact) mass is 346 g/mol. The Morgan fingerprint density at radius 1 is 1.14 bits per heavy atom. The summed E-state index contributed by atoms with van der Waals surface area (Å²) in [5.41, 5.74) is 3.36. The molecule has 3 nitrogen and oxygen atoms in total. The van der Waals surface area contributed by atoms with Crippen molar-refractivity contribution in [3.8, 4) is 0 Å². The zero-order valence-corrected chi connectivity index (χ0v) is 14.0. The van der Waals surface area contributed by atoms with Crippen LogP contribution in [0.2, 0.25) is 0 Å². The van der Waals surface area contributed by atoms with E-state index in [0.29, 0.717) is 5.56 Å². The molecule has 0 fully saturated rings. The van der Waals surface area contributed by atoms with Crippen molar-refractivity contribution in [2.75, 3.05) is 10.6 Å². The van der Waals surface area contributed by atoms with Gasteiger partial charge in [-0.15, -0.1) is 0 Å². The molecule has 110 valence electrons. The van der Waals surface area contributed by atoms with Crippen LogP contribution in [0.15, 0.2) is 46.9 Å². The van der Waals surface area contributed by atoms with Gasteiger partial charge >= 0.3 is 0 Å². The van der Waals surface area contributed by atoms with Gasteiger partial charge in [-0.2, -0.15) is 0 Å². The topological polar surface area (TPSA) is 41.1 Å². The summed E-state index contributed by atoms with van der Waals surface area (Å²) in [7, 11) is 0. The van der Waals surface area contributed by atoms with Crippen LogP contribution >= 0.6 is 15.9 Å². The smallest absolute Gasteiger partial charge is 0.257 e. The van der Waals surface area contributed by atoms with Crippen LogP contribution in [0.1, 0.15) is 29.8 Å². The number of carbonyl (C=O) groups excluding carboxylic acids is 1. The predicted molar refractivity (Wildman–Crippen MR) is 92.0 cm³/mol. The third-order valence-corrected chi connectivity index (χ3v) is 3.37. The zero-order valence-electron chi connectivity index (χ0n) is 12.4. The number of rotatable bonds is 4. The number of halogens is 1. The Balaban J connectivity index is 2.24. The SMILES string of the molecule is Cc1cc(Br)cc(NC(=O)c2ccccc2NC(C)C)c1. The van der Waals surface area contributed by atoms with Crippen LogP contribution in [0.3, 0.4) is 0 Å². The maximum absolute atomic E-state index is 12.5. The van der Waals surface area contributed by atoms with Gasteiger partial charge in [0.05, 0.1) is 5.56 Å². The van der Waals surface area contributed by atoms with E-state index in [4.69, 9.17) is 0 Å². The average Bonchev–Trinajstić information content (AvgIpc) is 2.37. The van der Waals surface area contributed by atoms with Crippen molar-refractivity contribution in [2.24, 2.45) is 0 Å². The molecule has 0 aliphatic rings. The maximum Gasteiger partial charge on any atom is 0.257 e. The highest BCUT2D eigenvalue weighted by Gasteiger charge is 2.12. The summed E-state index contributed by atoms with van der Waals surface area (Å²) in [6, 6.07) is 13.6. The lowest BCUT2D eigenvalue weighted by Gasteiger charge is -2.15. The first-order chi connectivity index (χ1) is 9.95. The Morgan fingerprint density at radius 2 is 1.86 bits per heavy atom. The lowest BCUT2D eigenvalue weighted by Crippen LogP contribution is -2.17. The van der Waals surface area contributed by atoms with Crippen molar-refractivity contribution in [2.45, 2.75) is 26.8 Å². The van der Waals surface area contributed by atoms with E-state index in [2.05, 4.69) is 26.6 Å². The third kappa shape index (κ3) is 4.33. The molecule has 0 spiro atoms. The molecule has 1 amide bonds. The van der Waals surface area contributed by atoms with Gasteiger partial charge in [0.15, 0.2) is 0 Å². The molecule has 0 aliphatic carbocycles. The molecule has 0 atom stereocenters. The fourth-order valence-electron chi connectivity index (χ4n) is 2.12. The first kappa shape index (κ1) is 15.6. The number of hydrogen-bond acceptors (Lipinski definition) is 2. The van der Waals surface area contributed by atoms with Gasteiger partial charge in [-0.3, -0.25) is 4.79 Å². The highest BCUT2D eigenvalue weighted by atomic mass is 79.9. The van der Waals surface area contributed by atoms with Crippen LogP contribution in [-0.2, 0) is 0 Å². The Hall–Kier alpha value is -1.81. The van der Waals surface area contributed by atoms with Crippen molar-refractivity contribution in [1.29, 1.82) is 0 Å². The van der Waals surface area contributed by atoms with E-state index in [1.165, 1.54) is 0 Å². The largest absolute Gasteiger partial charge is 0.382 e. The van der Waals surface area contributed by atoms with Crippen LogP contribution in [0.4, 0.5) is 11.4 Å². The van der Waals surface area contributed by atoms with E-state index < -0.39 is 0 Å². The third-order valence-electron chi connectivity index (χ3n) is 2.92. The highest BCUT2D eigenvalue weighted by molar-refractivity contribution is 9.10. The van der Waals surface area contributed by atoms with Gasteiger partial charge in [0.1, 0.15) is 0 Å². The fraction of sp³-hybridized carbons (Fsp3) is 0.235. The molecule has 4 heteroatoms. The molecule has 0 saturated carbocycles. The lowest BCUT2D eigenvalue weighted by molar-refractivity contribution is 0.102. The van der Waals surface area contributed by atoms with E-state index in [9.17, 15) is 4.79 Å². The second-order valence-electron chi connectivity index (χ2n) is 5.32. The lowest BCUT2D eigenvalue weighted by atomic mass is 10.1. The van der Waals surface area contributed by atoms with Crippen LogP contribution in [0.25, 0.3) is 0 Å². The number of anilines is 2. The predicted octanol–water partition coefficient (Wildman–Crippen LogP) is 4.83. The molecule has 0 bridgehead atoms. The van der Waals surface area contributed by atoms with E-state index in [0.717, 1.165) is 21.4 Å². The average molecular weight is 347 g/mol. The Kier molecular flexibility index (Phi) is 5.02. The number of aryl methyl sites for hydroxylation is 1. The van der Waals surface area contributed by atoms with Crippen molar-refractivity contribution >= 4 is 33.2 Å². The van der Waals surface area contributed by atoms with Crippen molar-refractivity contribution in [3.63, 3.8) is 0 Å². The standard InChI is InChI=1S/C17H19BrN2O/c1-11(2)19-16-7-5-4-6-15(16)17(21)20-14-9-12(3)8-13(18)10-14/h4-11,19H,1-3H3,(H,20,21). The number of para-hydroxylation sites is 1. The summed E-state index contributed by atoms with van der Waals surface area (Å²) in [6.45, 7) is 6.09. The summed E-state index contributed by atoms with van der Waals surface area (Å²) in [5, 5.41) is 6.24. The molecule has 0 radical (unpaired) electrons. The molecule has 0 heterocycles. The molecular formula is C17H19BrN2O. The molecule has 0 saturated heterocycles. The van der Waals surface area contributed by atoms with Crippen LogP contribution in [-0.4, -0.2) is 11.9 Å². The van der Waals surface area contributed by atoms with Gasteiger partial charge in [-0.05, 0) is 56.7 Å². The quantitative estimate of drug-likeness (QED) is 0.832. The molecule has 0 unspecified atom stereocenters. The minimum absolute atomic E-state index is 0.115. The minimum atomic E-state index is -0.115. The fourth-order valence-corrected chi connectivity index (χ4v) is 2.73. The molecule has 2 aromatic carbocycles. The minimum Gasteiger partial charge on any atom is -0.382 e. The second kappa shape index (κ2) is 6.76.